The number of carbonyl (C=O) groups excluding carboxylic acids is 1. The molecular formula is C30H34N4O3. The Morgan fingerprint density at radius 1 is 1.05 bits per heavy atom. The van der Waals surface area contributed by atoms with Crippen LogP contribution in [0.5, 0.6) is 11.5 Å². The molecule has 37 heavy (non-hydrogen) atoms. The zero-order chi connectivity index (χ0) is 25.2. The molecule has 4 heterocycles. The van der Waals surface area contributed by atoms with E-state index in [2.05, 4.69) is 45.3 Å². The lowest BCUT2D eigenvalue weighted by atomic mass is 9.73. The van der Waals surface area contributed by atoms with Crippen molar-refractivity contribution in [2.75, 3.05) is 49.7 Å². The fourth-order valence-corrected chi connectivity index (χ4v) is 5.83. The highest BCUT2D eigenvalue weighted by Gasteiger charge is 2.44. The van der Waals surface area contributed by atoms with E-state index in [1.54, 1.807) is 18.3 Å². The Kier molecular flexibility index (Phi) is 6.47. The Hall–Kier alpha value is -3.58. The zero-order valence-electron chi connectivity index (χ0n) is 21.4. The van der Waals surface area contributed by atoms with Crippen LogP contribution in [0.1, 0.15) is 35.3 Å². The van der Waals surface area contributed by atoms with Crippen LogP contribution in [0, 0.1) is 5.41 Å². The van der Waals surface area contributed by atoms with Gasteiger partial charge in [0.1, 0.15) is 17.2 Å². The van der Waals surface area contributed by atoms with Gasteiger partial charge in [-0.15, -0.1) is 0 Å². The second-order valence-electron chi connectivity index (χ2n) is 10.7. The van der Waals surface area contributed by atoms with Crippen LogP contribution in [0.15, 0.2) is 66.9 Å². The molecule has 3 aromatic rings. The number of likely N-dealkylation sites (N-methyl/N-ethyl adjacent to an activating group) is 1. The van der Waals surface area contributed by atoms with Crippen LogP contribution in [0.2, 0.25) is 0 Å². The summed E-state index contributed by atoms with van der Waals surface area (Å²) in [6, 6.07) is 19.9. The van der Waals surface area contributed by atoms with Gasteiger partial charge < -0.3 is 24.6 Å². The van der Waals surface area contributed by atoms with Gasteiger partial charge in [0, 0.05) is 75.0 Å². The lowest BCUT2D eigenvalue weighted by Crippen LogP contribution is -2.58. The first-order valence-electron chi connectivity index (χ1n) is 13.2. The van der Waals surface area contributed by atoms with E-state index in [-0.39, 0.29) is 11.9 Å². The van der Waals surface area contributed by atoms with Crippen LogP contribution in [0.3, 0.4) is 0 Å². The molecule has 0 aliphatic carbocycles. The smallest absolute Gasteiger partial charge is 0.270 e. The molecule has 2 fully saturated rings. The Morgan fingerprint density at radius 2 is 1.86 bits per heavy atom. The monoisotopic (exact) mass is 498 g/mol. The van der Waals surface area contributed by atoms with Gasteiger partial charge in [0.25, 0.3) is 5.91 Å². The first kappa shape index (κ1) is 23.8. The minimum atomic E-state index is -0.175. The summed E-state index contributed by atoms with van der Waals surface area (Å²) in [4.78, 5) is 22.2. The van der Waals surface area contributed by atoms with E-state index in [9.17, 15) is 4.79 Å². The molecular weight excluding hydrogens is 464 g/mol. The minimum absolute atomic E-state index is 0.0309. The van der Waals surface area contributed by atoms with Gasteiger partial charge in [-0.05, 0) is 61.6 Å². The van der Waals surface area contributed by atoms with Crippen molar-refractivity contribution in [3.8, 4) is 11.5 Å². The molecule has 3 aliphatic heterocycles. The number of para-hydroxylation sites is 1. The largest absolute Gasteiger partial charge is 0.457 e. The molecule has 3 aliphatic rings. The number of hydrogen-bond donors (Lipinski definition) is 1. The molecule has 0 saturated carbocycles. The highest BCUT2D eigenvalue weighted by molar-refractivity contribution is 5.92. The minimum Gasteiger partial charge on any atom is -0.457 e. The summed E-state index contributed by atoms with van der Waals surface area (Å²) in [7, 11) is 2.12. The number of ether oxygens (including phenoxy) is 2. The number of rotatable bonds is 5. The molecule has 1 atom stereocenters. The number of nitrogens with one attached hydrogen (secondary N) is 1. The Bertz CT molecular complexity index is 1250. The maximum absolute atomic E-state index is 13.1. The van der Waals surface area contributed by atoms with E-state index >= 15 is 0 Å². The Balaban J connectivity index is 1.09. The van der Waals surface area contributed by atoms with Crippen LogP contribution >= 0.6 is 0 Å². The van der Waals surface area contributed by atoms with Gasteiger partial charge in [-0.25, -0.2) is 0 Å². The lowest BCUT2D eigenvalue weighted by molar-refractivity contribution is -0.000191. The van der Waals surface area contributed by atoms with Gasteiger partial charge >= 0.3 is 0 Å². The van der Waals surface area contributed by atoms with Crippen molar-refractivity contribution in [3.05, 3.63) is 78.1 Å². The number of anilines is 2. The summed E-state index contributed by atoms with van der Waals surface area (Å²) in [5.74, 6) is 1.15. The van der Waals surface area contributed by atoms with E-state index in [0.29, 0.717) is 16.9 Å². The number of nitrogens with zero attached hydrogens (tertiary/aromatic N) is 3. The maximum atomic E-state index is 13.1. The van der Waals surface area contributed by atoms with Gasteiger partial charge in [0.2, 0.25) is 0 Å². The molecule has 2 aromatic carbocycles. The normalized spacial score (nSPS) is 20.5. The average Bonchev–Trinajstić information content (AvgIpc) is 3.06. The SMILES string of the molecule is CN1C[C@@H](NC(=O)c2cc(Oc3ccccc3)ccn2)CCc2ccc(N3CC4(CCOCC4)C3)cc21. The second kappa shape index (κ2) is 10.1. The third-order valence-electron chi connectivity index (χ3n) is 7.99. The van der Waals surface area contributed by atoms with E-state index in [0.717, 1.165) is 51.4 Å². The molecule has 1 N–H and O–H groups in total. The number of aromatic nitrogens is 1. The highest BCUT2D eigenvalue weighted by Crippen LogP contribution is 2.43. The predicted molar refractivity (Wildman–Crippen MR) is 145 cm³/mol. The van der Waals surface area contributed by atoms with Crippen molar-refractivity contribution in [1.29, 1.82) is 0 Å². The molecule has 192 valence electrons. The van der Waals surface area contributed by atoms with E-state index in [4.69, 9.17) is 9.47 Å². The number of fused-ring (bicyclic) bond motifs is 1. The number of hydrogen-bond acceptors (Lipinski definition) is 6. The topological polar surface area (TPSA) is 66.9 Å². The molecule has 2 saturated heterocycles. The van der Waals surface area contributed by atoms with Crippen LogP contribution in [-0.2, 0) is 11.2 Å². The average molecular weight is 499 g/mol. The molecule has 7 nitrogen and oxygen atoms in total. The molecule has 0 unspecified atom stereocenters. The summed E-state index contributed by atoms with van der Waals surface area (Å²) >= 11 is 0. The molecule has 1 aromatic heterocycles. The van der Waals surface area contributed by atoms with E-state index in [1.807, 2.05) is 30.3 Å². The molecule has 6 rings (SSSR count). The van der Waals surface area contributed by atoms with Crippen molar-refractivity contribution in [2.45, 2.75) is 31.7 Å². The molecule has 0 radical (unpaired) electrons. The standard InChI is InChI=1S/C30H34N4O3/c1-33-19-23(32-29(35)27-18-26(11-14-31-27)37-25-5-3-2-4-6-25)9-7-22-8-10-24(17-28(22)33)34-20-30(21-34)12-15-36-16-13-30/h2-6,8,10-11,14,17-18,23H,7,9,12-13,15-16,19-21H2,1H3,(H,32,35)/t23-/m0/s1. The summed E-state index contributed by atoms with van der Waals surface area (Å²) in [6.07, 6.45) is 5.77. The lowest BCUT2D eigenvalue weighted by Gasteiger charge is -2.53. The molecule has 0 bridgehead atoms. The number of benzene rings is 2. The fraction of sp³-hybridized carbons (Fsp3) is 0.400. The van der Waals surface area contributed by atoms with Crippen molar-refractivity contribution in [1.82, 2.24) is 10.3 Å². The third-order valence-corrected chi connectivity index (χ3v) is 7.99. The second-order valence-corrected chi connectivity index (χ2v) is 10.7. The first-order valence-corrected chi connectivity index (χ1v) is 13.2. The zero-order valence-corrected chi connectivity index (χ0v) is 21.4. The number of amides is 1. The number of aryl methyl sites for hydroxylation is 1. The fourth-order valence-electron chi connectivity index (χ4n) is 5.83. The van der Waals surface area contributed by atoms with Crippen LogP contribution in [0.25, 0.3) is 0 Å². The first-order chi connectivity index (χ1) is 18.1. The summed E-state index contributed by atoms with van der Waals surface area (Å²) in [5, 5.41) is 3.21. The Labute approximate surface area is 218 Å². The number of carbonyl (C=O) groups is 1. The highest BCUT2D eigenvalue weighted by atomic mass is 16.5. The summed E-state index contributed by atoms with van der Waals surface area (Å²) in [6.45, 7) is 4.79. The maximum Gasteiger partial charge on any atom is 0.270 e. The predicted octanol–water partition coefficient (Wildman–Crippen LogP) is 4.67. The van der Waals surface area contributed by atoms with Gasteiger partial charge in [-0.2, -0.15) is 0 Å². The van der Waals surface area contributed by atoms with E-state index in [1.165, 1.54) is 29.8 Å². The molecule has 7 heteroatoms. The molecule has 1 amide bonds. The van der Waals surface area contributed by atoms with Gasteiger partial charge in [0.15, 0.2) is 0 Å². The van der Waals surface area contributed by atoms with Gasteiger partial charge in [0.05, 0.1) is 0 Å². The third kappa shape index (κ3) is 5.14. The number of pyridine rings is 1. The van der Waals surface area contributed by atoms with Crippen LogP contribution in [-0.4, -0.2) is 56.8 Å². The van der Waals surface area contributed by atoms with Gasteiger partial charge in [-0.3, -0.25) is 9.78 Å². The Morgan fingerprint density at radius 3 is 2.68 bits per heavy atom. The van der Waals surface area contributed by atoms with E-state index < -0.39 is 0 Å². The molecule has 1 spiro atoms. The summed E-state index contributed by atoms with van der Waals surface area (Å²) in [5.41, 5.74) is 4.70. The van der Waals surface area contributed by atoms with Crippen molar-refractivity contribution in [3.63, 3.8) is 0 Å². The van der Waals surface area contributed by atoms with Gasteiger partial charge in [-0.1, -0.05) is 24.3 Å². The summed E-state index contributed by atoms with van der Waals surface area (Å²) < 4.78 is 11.5. The van der Waals surface area contributed by atoms with Crippen LogP contribution < -0.4 is 19.9 Å². The van der Waals surface area contributed by atoms with Crippen LogP contribution in [0.4, 0.5) is 11.4 Å². The quantitative estimate of drug-likeness (QED) is 0.552. The van der Waals surface area contributed by atoms with Crippen molar-refractivity contribution < 1.29 is 14.3 Å². The van der Waals surface area contributed by atoms with Crippen molar-refractivity contribution >= 4 is 17.3 Å². The van der Waals surface area contributed by atoms with Crippen molar-refractivity contribution in [2.24, 2.45) is 5.41 Å².